The van der Waals surface area contributed by atoms with Crippen molar-refractivity contribution < 1.29 is 23.2 Å². The van der Waals surface area contributed by atoms with Crippen LogP contribution in [-0.2, 0) is 17.9 Å². The molecule has 4 rings (SSSR count). The molecule has 9 nitrogen and oxygen atoms in total. The van der Waals surface area contributed by atoms with Crippen molar-refractivity contribution in [1.82, 2.24) is 15.2 Å². The highest BCUT2D eigenvalue weighted by molar-refractivity contribution is 7.14. The molecule has 0 bridgehead atoms. The lowest BCUT2D eigenvalue weighted by Gasteiger charge is -2.20. The first-order chi connectivity index (χ1) is 16.6. The van der Waals surface area contributed by atoms with Crippen LogP contribution in [0.4, 0.5) is 10.8 Å². The van der Waals surface area contributed by atoms with E-state index in [2.05, 4.69) is 15.6 Å². The van der Waals surface area contributed by atoms with Gasteiger partial charge in [-0.2, -0.15) is 0 Å². The SMILES string of the molecule is COc1ccc(Nc2nc(C(=O)N(CCC(=O)NCc3ccco3)Cc3ccco3)cs2)cc1. The summed E-state index contributed by atoms with van der Waals surface area (Å²) in [7, 11) is 1.61. The molecule has 3 aromatic heterocycles. The van der Waals surface area contributed by atoms with Crippen LogP contribution in [0.2, 0.25) is 0 Å². The Morgan fingerprint density at radius 3 is 2.47 bits per heavy atom. The summed E-state index contributed by atoms with van der Waals surface area (Å²) in [5.41, 5.74) is 1.12. The molecule has 176 valence electrons. The van der Waals surface area contributed by atoms with Gasteiger partial charge in [-0.3, -0.25) is 9.59 Å². The molecular weight excluding hydrogens is 456 g/mol. The van der Waals surface area contributed by atoms with Gasteiger partial charge in [0.15, 0.2) is 5.13 Å². The standard InChI is InChI=1S/C24H24N4O5S/c1-31-18-8-6-17(7-9-18)26-24-27-21(16-34-24)23(30)28(15-20-5-3-13-33-20)11-10-22(29)25-14-19-4-2-12-32-19/h2-9,12-13,16H,10-11,14-15H2,1H3,(H,25,29)(H,26,27). The summed E-state index contributed by atoms with van der Waals surface area (Å²) in [5, 5.41) is 8.26. The Kier molecular flexibility index (Phi) is 7.61. The predicted octanol–water partition coefficient (Wildman–Crippen LogP) is 4.43. The summed E-state index contributed by atoms with van der Waals surface area (Å²) in [6.07, 6.45) is 3.24. The number of carbonyl (C=O) groups is 2. The molecular formula is C24H24N4O5S. The smallest absolute Gasteiger partial charge is 0.273 e. The molecule has 4 aromatic rings. The van der Waals surface area contributed by atoms with E-state index in [0.717, 1.165) is 11.4 Å². The van der Waals surface area contributed by atoms with Crippen LogP contribution in [0.3, 0.4) is 0 Å². The largest absolute Gasteiger partial charge is 0.497 e. The third kappa shape index (κ3) is 6.26. The maximum absolute atomic E-state index is 13.2. The van der Waals surface area contributed by atoms with Crippen LogP contribution in [0.1, 0.15) is 28.4 Å². The molecule has 0 fully saturated rings. The Morgan fingerprint density at radius 2 is 1.79 bits per heavy atom. The van der Waals surface area contributed by atoms with Crippen LogP contribution >= 0.6 is 11.3 Å². The fourth-order valence-electron chi connectivity index (χ4n) is 3.16. The van der Waals surface area contributed by atoms with Crippen molar-refractivity contribution >= 4 is 34.0 Å². The number of nitrogens with one attached hydrogen (secondary N) is 2. The van der Waals surface area contributed by atoms with Crippen molar-refractivity contribution in [2.45, 2.75) is 19.5 Å². The Balaban J connectivity index is 1.38. The van der Waals surface area contributed by atoms with Crippen LogP contribution in [0.15, 0.2) is 75.3 Å². The number of thiazole rings is 1. The van der Waals surface area contributed by atoms with E-state index in [4.69, 9.17) is 13.6 Å². The van der Waals surface area contributed by atoms with E-state index >= 15 is 0 Å². The van der Waals surface area contributed by atoms with Gasteiger partial charge in [0, 0.05) is 24.0 Å². The summed E-state index contributed by atoms with van der Waals surface area (Å²) >= 11 is 1.32. The van der Waals surface area contributed by atoms with Crippen LogP contribution in [0, 0.1) is 0 Å². The molecule has 0 atom stereocenters. The minimum Gasteiger partial charge on any atom is -0.497 e. The molecule has 0 saturated heterocycles. The van der Waals surface area contributed by atoms with Gasteiger partial charge in [-0.15, -0.1) is 11.3 Å². The Labute approximate surface area is 200 Å². The number of benzene rings is 1. The number of nitrogens with zero attached hydrogens (tertiary/aromatic N) is 2. The second-order valence-corrected chi connectivity index (χ2v) is 8.16. The van der Waals surface area contributed by atoms with Gasteiger partial charge in [0.2, 0.25) is 5.91 Å². The lowest BCUT2D eigenvalue weighted by molar-refractivity contribution is -0.121. The Hall–Kier alpha value is -4.05. The fraction of sp³-hybridized carbons (Fsp3) is 0.208. The third-order valence-electron chi connectivity index (χ3n) is 4.93. The first-order valence-electron chi connectivity index (χ1n) is 10.6. The molecule has 0 unspecified atom stereocenters. The van der Waals surface area contributed by atoms with Gasteiger partial charge in [-0.05, 0) is 48.5 Å². The van der Waals surface area contributed by atoms with Crippen molar-refractivity contribution in [2.24, 2.45) is 0 Å². The van der Waals surface area contributed by atoms with Gasteiger partial charge in [0.05, 0.1) is 32.7 Å². The molecule has 0 aliphatic rings. The molecule has 0 spiro atoms. The topological polar surface area (TPSA) is 110 Å². The van der Waals surface area contributed by atoms with Gasteiger partial charge in [-0.25, -0.2) is 4.98 Å². The number of anilines is 2. The zero-order valence-corrected chi connectivity index (χ0v) is 19.3. The van der Waals surface area contributed by atoms with Crippen molar-refractivity contribution in [1.29, 1.82) is 0 Å². The average molecular weight is 481 g/mol. The van der Waals surface area contributed by atoms with E-state index in [0.29, 0.717) is 28.9 Å². The van der Waals surface area contributed by atoms with Gasteiger partial charge >= 0.3 is 0 Å². The number of hydrogen-bond donors (Lipinski definition) is 2. The van der Waals surface area contributed by atoms with Crippen molar-refractivity contribution in [3.8, 4) is 5.75 Å². The molecule has 10 heteroatoms. The number of carbonyl (C=O) groups excluding carboxylic acids is 2. The highest BCUT2D eigenvalue weighted by Gasteiger charge is 2.21. The number of rotatable bonds is 11. The van der Waals surface area contributed by atoms with E-state index in [1.807, 2.05) is 24.3 Å². The van der Waals surface area contributed by atoms with Crippen molar-refractivity contribution in [3.05, 3.63) is 83.7 Å². The number of methoxy groups -OCH3 is 1. The number of amides is 2. The molecule has 34 heavy (non-hydrogen) atoms. The first kappa shape index (κ1) is 23.1. The van der Waals surface area contributed by atoms with Gasteiger partial charge < -0.3 is 29.1 Å². The minimum atomic E-state index is -0.283. The zero-order chi connectivity index (χ0) is 23.8. The summed E-state index contributed by atoms with van der Waals surface area (Å²) in [4.78, 5) is 31.5. The normalized spacial score (nSPS) is 10.6. The zero-order valence-electron chi connectivity index (χ0n) is 18.5. The van der Waals surface area contributed by atoms with E-state index < -0.39 is 0 Å². The monoisotopic (exact) mass is 480 g/mol. The van der Waals surface area contributed by atoms with Crippen LogP contribution in [0.5, 0.6) is 5.75 Å². The molecule has 0 aliphatic carbocycles. The number of hydrogen-bond acceptors (Lipinski definition) is 8. The van der Waals surface area contributed by atoms with E-state index in [1.165, 1.54) is 11.3 Å². The van der Waals surface area contributed by atoms with Gasteiger partial charge in [0.1, 0.15) is 23.0 Å². The molecule has 0 radical (unpaired) electrons. The summed E-state index contributed by atoms with van der Waals surface area (Å²) in [6.45, 7) is 0.739. The number of aromatic nitrogens is 1. The average Bonchev–Trinajstić information content (AvgIpc) is 3.64. The predicted molar refractivity (Wildman–Crippen MR) is 127 cm³/mol. The van der Waals surface area contributed by atoms with Crippen molar-refractivity contribution in [2.75, 3.05) is 19.0 Å². The van der Waals surface area contributed by atoms with Gasteiger partial charge in [-0.1, -0.05) is 0 Å². The molecule has 0 saturated carbocycles. The maximum atomic E-state index is 13.2. The minimum absolute atomic E-state index is 0.133. The fourth-order valence-corrected chi connectivity index (χ4v) is 3.86. The number of ether oxygens (including phenoxy) is 1. The second-order valence-electron chi connectivity index (χ2n) is 7.30. The van der Waals surface area contributed by atoms with Crippen LogP contribution < -0.4 is 15.4 Å². The Bertz CT molecular complexity index is 1190. The highest BCUT2D eigenvalue weighted by Crippen LogP contribution is 2.24. The van der Waals surface area contributed by atoms with E-state index in [-0.39, 0.29) is 31.3 Å². The lowest BCUT2D eigenvalue weighted by Crippen LogP contribution is -2.35. The van der Waals surface area contributed by atoms with Gasteiger partial charge in [0.25, 0.3) is 5.91 Å². The molecule has 2 amide bonds. The quantitative estimate of drug-likeness (QED) is 0.327. The first-order valence-corrected chi connectivity index (χ1v) is 11.5. The van der Waals surface area contributed by atoms with E-state index in [9.17, 15) is 9.59 Å². The van der Waals surface area contributed by atoms with Crippen LogP contribution in [-0.4, -0.2) is 35.4 Å². The van der Waals surface area contributed by atoms with Crippen molar-refractivity contribution in [3.63, 3.8) is 0 Å². The Morgan fingerprint density at radius 1 is 1.06 bits per heavy atom. The molecule has 3 heterocycles. The summed E-state index contributed by atoms with van der Waals surface area (Å²) in [5.74, 6) is 1.57. The molecule has 1 aromatic carbocycles. The summed E-state index contributed by atoms with van der Waals surface area (Å²) < 4.78 is 15.8. The number of furan rings is 2. The van der Waals surface area contributed by atoms with E-state index in [1.54, 1.807) is 54.2 Å². The van der Waals surface area contributed by atoms with Crippen LogP contribution in [0.25, 0.3) is 0 Å². The highest BCUT2D eigenvalue weighted by atomic mass is 32.1. The summed E-state index contributed by atoms with van der Waals surface area (Å²) in [6, 6.07) is 14.5. The molecule has 2 N–H and O–H groups in total. The second kappa shape index (κ2) is 11.2. The molecule has 0 aliphatic heterocycles. The third-order valence-corrected chi connectivity index (χ3v) is 5.68. The lowest BCUT2D eigenvalue weighted by atomic mass is 10.3. The maximum Gasteiger partial charge on any atom is 0.273 e.